The summed E-state index contributed by atoms with van der Waals surface area (Å²) in [5.41, 5.74) is 3.46. The molecule has 2 heterocycles. The maximum atomic E-state index is 4.51. The summed E-state index contributed by atoms with van der Waals surface area (Å²) in [6.07, 6.45) is 4.61. The molecule has 5 nitrogen and oxygen atoms in total. The molecule has 19 heavy (non-hydrogen) atoms. The topological polar surface area (TPSA) is 58.5 Å². The predicted molar refractivity (Wildman–Crippen MR) is 73.7 cm³/mol. The van der Waals surface area contributed by atoms with E-state index in [4.69, 9.17) is 0 Å². The molecule has 0 amide bonds. The van der Waals surface area contributed by atoms with Crippen LogP contribution in [0.1, 0.15) is 55.7 Å². The molecule has 0 aromatic carbocycles. The third kappa shape index (κ3) is 2.87. The third-order valence-electron chi connectivity index (χ3n) is 3.67. The van der Waals surface area contributed by atoms with Crippen molar-refractivity contribution in [3.8, 4) is 0 Å². The van der Waals surface area contributed by atoms with Crippen LogP contribution in [-0.2, 0) is 13.1 Å². The number of aromatic nitrogens is 4. The van der Waals surface area contributed by atoms with Crippen molar-refractivity contribution in [3.05, 3.63) is 35.4 Å². The molecule has 1 fully saturated rings. The summed E-state index contributed by atoms with van der Waals surface area (Å²) >= 11 is 0. The number of hydrogen-bond acceptors (Lipinski definition) is 3. The number of aryl methyl sites for hydroxylation is 1. The number of nitrogens with one attached hydrogen (secondary N) is 2. The lowest BCUT2D eigenvalue weighted by Gasteiger charge is -2.10. The SMILES string of the molecule is CCn1ccc(C(C)NCc2cc(C3CC3)n[nH]2)n1. The van der Waals surface area contributed by atoms with Gasteiger partial charge in [0.25, 0.3) is 0 Å². The molecular weight excluding hydrogens is 238 g/mol. The van der Waals surface area contributed by atoms with Crippen molar-refractivity contribution >= 4 is 0 Å². The van der Waals surface area contributed by atoms with Crippen molar-refractivity contribution in [1.29, 1.82) is 0 Å². The molecule has 1 aliphatic carbocycles. The van der Waals surface area contributed by atoms with Gasteiger partial charge in [0.15, 0.2) is 0 Å². The number of aromatic amines is 1. The minimum absolute atomic E-state index is 0.250. The van der Waals surface area contributed by atoms with Gasteiger partial charge in [0.2, 0.25) is 0 Å². The first kappa shape index (κ1) is 12.4. The van der Waals surface area contributed by atoms with Crippen molar-refractivity contribution in [2.45, 2.75) is 51.7 Å². The first-order valence-electron chi connectivity index (χ1n) is 7.07. The Morgan fingerprint density at radius 1 is 1.53 bits per heavy atom. The lowest BCUT2D eigenvalue weighted by atomic mass is 10.2. The third-order valence-corrected chi connectivity index (χ3v) is 3.67. The number of H-pyrrole nitrogens is 1. The molecule has 1 aliphatic rings. The van der Waals surface area contributed by atoms with E-state index in [9.17, 15) is 0 Å². The second-order valence-corrected chi connectivity index (χ2v) is 5.29. The van der Waals surface area contributed by atoms with E-state index in [2.05, 4.69) is 46.6 Å². The molecule has 0 radical (unpaired) electrons. The van der Waals surface area contributed by atoms with Gasteiger partial charge in [-0.15, -0.1) is 0 Å². The monoisotopic (exact) mass is 259 g/mol. The Labute approximate surface area is 113 Å². The number of rotatable bonds is 6. The molecule has 1 unspecified atom stereocenters. The Morgan fingerprint density at radius 2 is 2.37 bits per heavy atom. The second kappa shape index (κ2) is 5.17. The largest absolute Gasteiger partial charge is 0.303 e. The number of nitrogens with zero attached hydrogens (tertiary/aromatic N) is 3. The molecule has 2 aromatic heterocycles. The van der Waals surface area contributed by atoms with Crippen LogP contribution in [0.4, 0.5) is 0 Å². The molecule has 1 atom stereocenters. The summed E-state index contributed by atoms with van der Waals surface area (Å²) in [5, 5.41) is 15.5. The van der Waals surface area contributed by atoms with Crippen LogP contribution < -0.4 is 5.32 Å². The van der Waals surface area contributed by atoms with Gasteiger partial charge in [0.05, 0.1) is 11.4 Å². The van der Waals surface area contributed by atoms with Crippen molar-refractivity contribution in [1.82, 2.24) is 25.3 Å². The van der Waals surface area contributed by atoms with E-state index in [1.807, 2.05) is 10.9 Å². The maximum absolute atomic E-state index is 4.51. The summed E-state index contributed by atoms with van der Waals surface area (Å²) in [4.78, 5) is 0. The Balaban J connectivity index is 1.55. The quantitative estimate of drug-likeness (QED) is 0.837. The van der Waals surface area contributed by atoms with Crippen LogP contribution in [0.3, 0.4) is 0 Å². The Bertz CT molecular complexity index is 538. The molecule has 0 spiro atoms. The smallest absolute Gasteiger partial charge is 0.0791 e. The van der Waals surface area contributed by atoms with Crippen molar-refractivity contribution in [2.24, 2.45) is 0 Å². The standard InChI is InChI=1S/C14H21N5/c1-3-19-7-6-13(18-19)10(2)15-9-12-8-14(17-16-12)11-4-5-11/h6-8,10-11,15H,3-5,9H2,1-2H3,(H,16,17). The summed E-state index contributed by atoms with van der Waals surface area (Å²) in [7, 11) is 0. The average Bonchev–Trinajstić information content (AvgIpc) is 2.99. The second-order valence-electron chi connectivity index (χ2n) is 5.29. The van der Waals surface area contributed by atoms with Gasteiger partial charge >= 0.3 is 0 Å². The molecule has 1 saturated carbocycles. The minimum Gasteiger partial charge on any atom is -0.303 e. The van der Waals surface area contributed by atoms with Crippen LogP contribution >= 0.6 is 0 Å². The van der Waals surface area contributed by atoms with E-state index in [0.29, 0.717) is 5.92 Å². The van der Waals surface area contributed by atoms with E-state index in [1.54, 1.807) is 0 Å². The Morgan fingerprint density at radius 3 is 3.05 bits per heavy atom. The summed E-state index contributed by atoms with van der Waals surface area (Å²) in [6, 6.07) is 4.51. The normalized spacial score (nSPS) is 16.7. The van der Waals surface area contributed by atoms with Crippen molar-refractivity contribution < 1.29 is 0 Å². The highest BCUT2D eigenvalue weighted by molar-refractivity contribution is 5.17. The molecule has 102 valence electrons. The van der Waals surface area contributed by atoms with Gasteiger partial charge in [0, 0.05) is 36.9 Å². The lowest BCUT2D eigenvalue weighted by Crippen LogP contribution is -2.19. The van der Waals surface area contributed by atoms with Gasteiger partial charge in [-0.05, 0) is 38.8 Å². The van der Waals surface area contributed by atoms with E-state index in [0.717, 1.165) is 24.5 Å². The molecular formula is C14H21N5. The lowest BCUT2D eigenvalue weighted by molar-refractivity contribution is 0.537. The van der Waals surface area contributed by atoms with Gasteiger partial charge in [-0.3, -0.25) is 9.78 Å². The summed E-state index contributed by atoms with van der Waals surface area (Å²) < 4.78 is 1.95. The van der Waals surface area contributed by atoms with Crippen LogP contribution in [0, 0.1) is 0 Å². The fourth-order valence-corrected chi connectivity index (χ4v) is 2.21. The maximum Gasteiger partial charge on any atom is 0.0791 e. The highest BCUT2D eigenvalue weighted by Crippen LogP contribution is 2.38. The van der Waals surface area contributed by atoms with Crippen LogP contribution in [0.25, 0.3) is 0 Å². The van der Waals surface area contributed by atoms with E-state index in [1.165, 1.54) is 18.5 Å². The van der Waals surface area contributed by atoms with Gasteiger partial charge in [-0.25, -0.2) is 0 Å². The highest BCUT2D eigenvalue weighted by atomic mass is 15.3. The van der Waals surface area contributed by atoms with Crippen LogP contribution in [0.2, 0.25) is 0 Å². The van der Waals surface area contributed by atoms with Crippen LogP contribution in [0.15, 0.2) is 18.3 Å². The first-order valence-corrected chi connectivity index (χ1v) is 7.07. The van der Waals surface area contributed by atoms with Crippen molar-refractivity contribution in [3.63, 3.8) is 0 Å². The summed E-state index contributed by atoms with van der Waals surface area (Å²) in [6.45, 7) is 5.96. The predicted octanol–water partition coefficient (Wildman–Crippen LogP) is 2.35. The zero-order valence-electron chi connectivity index (χ0n) is 11.6. The molecule has 0 aliphatic heterocycles. The zero-order valence-corrected chi connectivity index (χ0v) is 11.6. The highest BCUT2D eigenvalue weighted by Gasteiger charge is 2.26. The zero-order chi connectivity index (χ0) is 13.2. The van der Waals surface area contributed by atoms with Gasteiger partial charge in [-0.2, -0.15) is 10.2 Å². The first-order chi connectivity index (χ1) is 9.26. The molecule has 5 heteroatoms. The Kier molecular flexibility index (Phi) is 3.38. The minimum atomic E-state index is 0.250. The number of hydrogen-bond donors (Lipinski definition) is 2. The van der Waals surface area contributed by atoms with E-state index >= 15 is 0 Å². The van der Waals surface area contributed by atoms with E-state index < -0.39 is 0 Å². The molecule has 0 bridgehead atoms. The van der Waals surface area contributed by atoms with Crippen molar-refractivity contribution in [2.75, 3.05) is 0 Å². The Hall–Kier alpha value is -1.62. The van der Waals surface area contributed by atoms with Gasteiger partial charge < -0.3 is 5.32 Å². The van der Waals surface area contributed by atoms with Gasteiger partial charge in [0.1, 0.15) is 0 Å². The van der Waals surface area contributed by atoms with Crippen LogP contribution in [0.5, 0.6) is 0 Å². The molecule has 0 saturated heterocycles. The van der Waals surface area contributed by atoms with E-state index in [-0.39, 0.29) is 6.04 Å². The average molecular weight is 259 g/mol. The summed E-state index contributed by atoms with van der Waals surface area (Å²) in [5.74, 6) is 0.711. The fourth-order valence-electron chi connectivity index (χ4n) is 2.21. The molecule has 3 rings (SSSR count). The molecule has 2 aromatic rings. The van der Waals surface area contributed by atoms with Gasteiger partial charge in [-0.1, -0.05) is 0 Å². The van der Waals surface area contributed by atoms with Crippen LogP contribution in [-0.4, -0.2) is 20.0 Å². The molecule has 2 N–H and O–H groups in total. The fraction of sp³-hybridized carbons (Fsp3) is 0.571.